The second-order valence-electron chi connectivity index (χ2n) is 6.35. The van der Waals surface area contributed by atoms with Gasteiger partial charge in [0.25, 0.3) is 0 Å². The van der Waals surface area contributed by atoms with E-state index in [-0.39, 0.29) is 0 Å². The lowest BCUT2D eigenvalue weighted by Crippen LogP contribution is -2.08. The van der Waals surface area contributed by atoms with Crippen LogP contribution in [0, 0.1) is 0 Å². The number of esters is 2. The first-order chi connectivity index (χ1) is 13.1. The summed E-state index contributed by atoms with van der Waals surface area (Å²) in [6.45, 7) is 1.94. The molecule has 0 bridgehead atoms. The van der Waals surface area contributed by atoms with Crippen LogP contribution in [0.2, 0.25) is 0 Å². The van der Waals surface area contributed by atoms with Gasteiger partial charge in [-0.05, 0) is 34.7 Å². The molecule has 0 fully saturated rings. The molecule has 1 aliphatic rings. The maximum atomic E-state index is 12.5. The third-order valence-electron chi connectivity index (χ3n) is 4.63. The fourth-order valence-electron chi connectivity index (χ4n) is 3.49. The quantitative estimate of drug-likeness (QED) is 0.517. The number of benzene rings is 3. The van der Waals surface area contributed by atoms with Gasteiger partial charge in [0.1, 0.15) is 11.5 Å². The lowest BCUT2D eigenvalue weighted by Gasteiger charge is -2.16. The number of carbonyl (C=O) groups is 2. The average Bonchev–Trinajstić information content (AvgIpc) is 3.13. The predicted octanol–water partition coefficient (Wildman–Crippen LogP) is 4.15. The molecule has 5 heteroatoms. The fraction of sp³-hybridized carbons (Fsp3) is 0.182. The van der Waals surface area contributed by atoms with E-state index in [1.807, 2.05) is 42.5 Å². The van der Waals surface area contributed by atoms with Crippen LogP contribution in [0.3, 0.4) is 0 Å². The fourth-order valence-corrected chi connectivity index (χ4v) is 3.49. The molecule has 3 aromatic carbocycles. The van der Waals surface area contributed by atoms with Crippen LogP contribution in [0.25, 0.3) is 21.9 Å². The van der Waals surface area contributed by atoms with Crippen LogP contribution in [-0.4, -0.2) is 25.7 Å². The minimum Gasteiger partial charge on any atom is -0.493 e. The molecule has 0 amide bonds. The van der Waals surface area contributed by atoms with Gasteiger partial charge in [-0.3, -0.25) is 4.79 Å². The Morgan fingerprint density at radius 2 is 1.81 bits per heavy atom. The van der Waals surface area contributed by atoms with Gasteiger partial charge in [-0.2, -0.15) is 0 Å². The van der Waals surface area contributed by atoms with Crippen molar-refractivity contribution in [3.05, 3.63) is 59.7 Å². The summed E-state index contributed by atoms with van der Waals surface area (Å²) in [7, 11) is 1.34. The van der Waals surface area contributed by atoms with Crippen molar-refractivity contribution in [2.45, 2.75) is 13.3 Å². The van der Waals surface area contributed by atoms with Crippen molar-refractivity contribution in [2.75, 3.05) is 13.7 Å². The van der Waals surface area contributed by atoms with Gasteiger partial charge in [0.2, 0.25) is 0 Å². The molecule has 3 aromatic rings. The van der Waals surface area contributed by atoms with E-state index in [9.17, 15) is 9.59 Å². The normalized spacial score (nSPS) is 12.4. The summed E-state index contributed by atoms with van der Waals surface area (Å²) in [5, 5.41) is 1.54. The van der Waals surface area contributed by atoms with E-state index in [2.05, 4.69) is 0 Å². The van der Waals surface area contributed by atoms with Gasteiger partial charge in [-0.1, -0.05) is 30.3 Å². The van der Waals surface area contributed by atoms with Crippen molar-refractivity contribution in [3.8, 4) is 22.6 Å². The SMILES string of the molecule is COC(=O)c1cc(OC(C)=O)c2cc3c(cc2c1-c1ccccc1)CCO3. The Balaban J connectivity index is 2.11. The van der Waals surface area contributed by atoms with Crippen LogP contribution in [0.4, 0.5) is 0 Å². The molecule has 5 nitrogen and oxygen atoms in total. The van der Waals surface area contributed by atoms with Gasteiger partial charge in [-0.15, -0.1) is 0 Å². The smallest absolute Gasteiger partial charge is 0.338 e. The molecule has 0 saturated carbocycles. The summed E-state index contributed by atoms with van der Waals surface area (Å²) in [5.74, 6) is 0.151. The molecule has 0 aromatic heterocycles. The molecular formula is C22H18O5. The Kier molecular flexibility index (Phi) is 4.28. The largest absolute Gasteiger partial charge is 0.493 e. The minimum atomic E-state index is -0.485. The topological polar surface area (TPSA) is 61.8 Å². The second-order valence-corrected chi connectivity index (χ2v) is 6.35. The molecule has 0 unspecified atom stereocenters. The number of rotatable bonds is 3. The molecule has 0 spiro atoms. The molecule has 1 aliphatic heterocycles. The molecule has 4 rings (SSSR count). The summed E-state index contributed by atoms with van der Waals surface area (Å²) < 4.78 is 16.1. The van der Waals surface area contributed by atoms with E-state index < -0.39 is 11.9 Å². The van der Waals surface area contributed by atoms with Gasteiger partial charge in [-0.25, -0.2) is 4.79 Å². The number of hydrogen-bond acceptors (Lipinski definition) is 5. The predicted molar refractivity (Wildman–Crippen MR) is 101 cm³/mol. The zero-order valence-electron chi connectivity index (χ0n) is 15.1. The Morgan fingerprint density at radius 3 is 2.52 bits per heavy atom. The number of methoxy groups -OCH3 is 1. The molecular weight excluding hydrogens is 344 g/mol. The van der Waals surface area contributed by atoms with Crippen LogP contribution < -0.4 is 9.47 Å². The highest BCUT2D eigenvalue weighted by Crippen LogP contribution is 2.42. The van der Waals surface area contributed by atoms with Gasteiger partial charge < -0.3 is 14.2 Å². The van der Waals surface area contributed by atoms with Crippen molar-refractivity contribution < 1.29 is 23.8 Å². The first-order valence-corrected chi connectivity index (χ1v) is 8.67. The Morgan fingerprint density at radius 1 is 1.04 bits per heavy atom. The van der Waals surface area contributed by atoms with Crippen LogP contribution >= 0.6 is 0 Å². The summed E-state index contributed by atoms with van der Waals surface area (Å²) in [4.78, 5) is 24.2. The van der Waals surface area contributed by atoms with E-state index in [0.29, 0.717) is 17.9 Å². The van der Waals surface area contributed by atoms with E-state index >= 15 is 0 Å². The summed E-state index contributed by atoms with van der Waals surface area (Å²) in [6.07, 6.45) is 0.796. The molecule has 136 valence electrons. The third-order valence-corrected chi connectivity index (χ3v) is 4.63. The zero-order valence-corrected chi connectivity index (χ0v) is 15.1. The number of ether oxygens (including phenoxy) is 3. The van der Waals surface area contributed by atoms with Crippen molar-refractivity contribution in [2.24, 2.45) is 0 Å². The highest BCUT2D eigenvalue weighted by atomic mass is 16.5. The highest BCUT2D eigenvalue weighted by molar-refractivity contribution is 6.11. The second kappa shape index (κ2) is 6.76. The first-order valence-electron chi connectivity index (χ1n) is 8.67. The molecule has 0 radical (unpaired) electrons. The zero-order chi connectivity index (χ0) is 19.0. The molecule has 0 saturated heterocycles. The Hall–Kier alpha value is -3.34. The molecule has 0 N–H and O–H groups in total. The van der Waals surface area contributed by atoms with Crippen LogP contribution in [0.15, 0.2) is 48.5 Å². The average molecular weight is 362 g/mol. The van der Waals surface area contributed by atoms with Crippen LogP contribution in [-0.2, 0) is 16.0 Å². The van der Waals surface area contributed by atoms with E-state index in [4.69, 9.17) is 14.2 Å². The molecule has 27 heavy (non-hydrogen) atoms. The number of fused-ring (bicyclic) bond motifs is 2. The lowest BCUT2D eigenvalue weighted by atomic mass is 9.91. The van der Waals surface area contributed by atoms with Gasteiger partial charge in [0, 0.05) is 24.3 Å². The van der Waals surface area contributed by atoms with E-state index in [1.54, 1.807) is 6.07 Å². The standard InChI is InChI=1S/C22H18O5/c1-13(23)27-20-12-18(22(24)25-2)21(14-6-4-3-5-7-14)17-10-15-8-9-26-19(15)11-16(17)20/h3-7,10-12H,8-9H2,1-2H3. The van der Waals surface area contributed by atoms with E-state index in [0.717, 1.165) is 39.6 Å². The van der Waals surface area contributed by atoms with Gasteiger partial charge in [0.15, 0.2) is 0 Å². The lowest BCUT2D eigenvalue weighted by molar-refractivity contribution is -0.131. The monoisotopic (exact) mass is 362 g/mol. The molecule has 1 heterocycles. The molecule has 0 atom stereocenters. The Bertz CT molecular complexity index is 1050. The van der Waals surface area contributed by atoms with Crippen molar-refractivity contribution in [1.82, 2.24) is 0 Å². The summed E-state index contributed by atoms with van der Waals surface area (Å²) >= 11 is 0. The van der Waals surface area contributed by atoms with Crippen molar-refractivity contribution >= 4 is 22.7 Å². The Labute approximate surface area is 156 Å². The third kappa shape index (κ3) is 3.01. The van der Waals surface area contributed by atoms with Crippen molar-refractivity contribution in [1.29, 1.82) is 0 Å². The van der Waals surface area contributed by atoms with Crippen molar-refractivity contribution in [3.63, 3.8) is 0 Å². The van der Waals surface area contributed by atoms with E-state index in [1.165, 1.54) is 14.0 Å². The maximum Gasteiger partial charge on any atom is 0.338 e. The highest BCUT2D eigenvalue weighted by Gasteiger charge is 2.23. The maximum absolute atomic E-state index is 12.5. The van der Waals surface area contributed by atoms with Gasteiger partial charge in [0.05, 0.1) is 19.3 Å². The molecule has 0 aliphatic carbocycles. The summed E-state index contributed by atoms with van der Waals surface area (Å²) in [6, 6.07) is 15.1. The van der Waals surface area contributed by atoms with Crippen LogP contribution in [0.5, 0.6) is 11.5 Å². The van der Waals surface area contributed by atoms with Gasteiger partial charge >= 0.3 is 11.9 Å². The number of hydrogen-bond donors (Lipinski definition) is 0. The number of carbonyl (C=O) groups excluding carboxylic acids is 2. The van der Waals surface area contributed by atoms with Crippen LogP contribution in [0.1, 0.15) is 22.8 Å². The minimum absolute atomic E-state index is 0.316. The first kappa shape index (κ1) is 17.1. The summed E-state index contributed by atoms with van der Waals surface area (Å²) in [5.41, 5.74) is 3.06.